The Balaban J connectivity index is 3.67. The standard InChI is InChI=1S/C15H24O2S/c1-14(2,3)13(12-10-8-7-9-11-12)18(16,17)15(4,5)6/h7-11,13H,1-6H3/t13-/m0/s1/i13D. The second-order valence-electron chi connectivity index (χ2n) is 6.56. The van der Waals surface area contributed by atoms with Crippen LogP contribution in [0.2, 0.25) is 0 Å². The van der Waals surface area contributed by atoms with E-state index in [1.54, 1.807) is 65.8 Å². The number of rotatable bonds is 2. The summed E-state index contributed by atoms with van der Waals surface area (Å²) in [6, 6.07) is 8.84. The Hall–Kier alpha value is -0.830. The first-order valence-corrected chi connectivity index (χ1v) is 7.64. The highest BCUT2D eigenvalue weighted by atomic mass is 32.2. The van der Waals surface area contributed by atoms with Crippen molar-refractivity contribution in [3.63, 3.8) is 0 Å². The summed E-state index contributed by atoms with van der Waals surface area (Å²) in [5.41, 5.74) is -0.196. The third kappa shape index (κ3) is 2.94. The summed E-state index contributed by atoms with van der Waals surface area (Å²) in [4.78, 5) is 0. The zero-order chi connectivity index (χ0) is 15.1. The van der Waals surface area contributed by atoms with Crippen LogP contribution in [0.3, 0.4) is 0 Å². The molecule has 18 heavy (non-hydrogen) atoms. The molecule has 0 amide bonds. The highest BCUT2D eigenvalue weighted by Crippen LogP contribution is 2.43. The van der Waals surface area contributed by atoms with Crippen molar-refractivity contribution in [2.45, 2.75) is 51.5 Å². The Morgan fingerprint density at radius 1 is 1.00 bits per heavy atom. The molecule has 3 heteroatoms. The molecule has 0 N–H and O–H groups in total. The maximum absolute atomic E-state index is 12.9. The summed E-state index contributed by atoms with van der Waals surface area (Å²) in [7, 11) is -3.68. The lowest BCUT2D eigenvalue weighted by Crippen LogP contribution is -2.38. The van der Waals surface area contributed by atoms with E-state index in [4.69, 9.17) is 1.37 Å². The SMILES string of the molecule is [2H][C@](c1ccccc1)(C(C)(C)C)S(=O)(=O)C(C)(C)C. The lowest BCUT2D eigenvalue weighted by Gasteiger charge is -2.35. The number of sulfone groups is 1. The molecule has 1 aromatic carbocycles. The molecule has 0 spiro atoms. The van der Waals surface area contributed by atoms with Crippen molar-refractivity contribution in [3.8, 4) is 0 Å². The van der Waals surface area contributed by atoms with Gasteiger partial charge in [0, 0.05) is 0 Å². The van der Waals surface area contributed by atoms with Gasteiger partial charge in [-0.3, -0.25) is 0 Å². The average Bonchev–Trinajstić information content (AvgIpc) is 2.25. The van der Waals surface area contributed by atoms with Crippen LogP contribution in [0, 0.1) is 5.41 Å². The third-order valence-electron chi connectivity index (χ3n) is 2.79. The molecule has 0 unspecified atom stereocenters. The molecule has 1 atom stereocenters. The van der Waals surface area contributed by atoms with Crippen LogP contribution in [0.4, 0.5) is 0 Å². The van der Waals surface area contributed by atoms with Gasteiger partial charge in [-0.25, -0.2) is 8.42 Å². The molecule has 0 fully saturated rings. The quantitative estimate of drug-likeness (QED) is 0.813. The molecule has 0 aliphatic rings. The fourth-order valence-corrected chi connectivity index (χ4v) is 3.75. The molecule has 0 bridgehead atoms. The molecule has 0 aliphatic heterocycles. The molecular formula is C15H24O2S. The topological polar surface area (TPSA) is 34.1 Å². The molecular weight excluding hydrogens is 244 g/mol. The van der Waals surface area contributed by atoms with Crippen molar-refractivity contribution < 1.29 is 9.79 Å². The van der Waals surface area contributed by atoms with Crippen LogP contribution in [0.5, 0.6) is 0 Å². The maximum atomic E-state index is 12.9. The average molecular weight is 269 g/mol. The van der Waals surface area contributed by atoms with E-state index in [1.807, 2.05) is 6.07 Å². The highest BCUT2D eigenvalue weighted by molar-refractivity contribution is 7.93. The van der Waals surface area contributed by atoms with Crippen molar-refractivity contribution in [3.05, 3.63) is 35.9 Å². The summed E-state index contributed by atoms with van der Waals surface area (Å²) >= 11 is 0. The van der Waals surface area contributed by atoms with Crippen LogP contribution in [0.1, 0.15) is 53.7 Å². The van der Waals surface area contributed by atoms with E-state index in [2.05, 4.69) is 0 Å². The highest BCUT2D eigenvalue weighted by Gasteiger charge is 2.44. The van der Waals surface area contributed by atoms with Gasteiger partial charge in [0.15, 0.2) is 9.84 Å². The molecule has 0 saturated carbocycles. The Morgan fingerprint density at radius 2 is 1.44 bits per heavy atom. The molecule has 0 aliphatic carbocycles. The van der Waals surface area contributed by atoms with Crippen molar-refractivity contribution in [1.29, 1.82) is 0 Å². The lowest BCUT2D eigenvalue weighted by molar-refractivity contribution is 0.376. The van der Waals surface area contributed by atoms with Gasteiger partial charge in [0.2, 0.25) is 0 Å². The van der Waals surface area contributed by atoms with Crippen LogP contribution >= 0.6 is 0 Å². The molecule has 0 heterocycles. The van der Waals surface area contributed by atoms with Gasteiger partial charge in [0.25, 0.3) is 0 Å². The van der Waals surface area contributed by atoms with Crippen molar-refractivity contribution in [2.24, 2.45) is 5.41 Å². The summed E-state index contributed by atoms with van der Waals surface area (Å²) in [5, 5.41) is -1.67. The van der Waals surface area contributed by atoms with Crippen molar-refractivity contribution in [2.75, 3.05) is 0 Å². The second kappa shape index (κ2) is 4.69. The van der Waals surface area contributed by atoms with Crippen LogP contribution in [0.15, 0.2) is 30.3 Å². The maximum Gasteiger partial charge on any atom is 0.162 e. The zero-order valence-electron chi connectivity index (χ0n) is 13.1. The largest absolute Gasteiger partial charge is 0.228 e. The van der Waals surface area contributed by atoms with E-state index in [9.17, 15) is 8.42 Å². The number of hydrogen-bond donors (Lipinski definition) is 0. The molecule has 102 valence electrons. The summed E-state index contributed by atoms with van der Waals surface area (Å²) in [6.45, 7) is 10.4. The predicted molar refractivity (Wildman–Crippen MR) is 77.3 cm³/mol. The normalized spacial score (nSPS) is 18.0. The summed E-state index contributed by atoms with van der Waals surface area (Å²) in [5.74, 6) is 0. The first-order valence-electron chi connectivity index (χ1n) is 6.65. The van der Waals surface area contributed by atoms with E-state index in [0.29, 0.717) is 5.56 Å². The molecule has 1 aromatic rings. The lowest BCUT2D eigenvalue weighted by atomic mass is 9.87. The second-order valence-corrected chi connectivity index (χ2v) is 9.20. The van der Waals surface area contributed by atoms with Crippen LogP contribution < -0.4 is 0 Å². The van der Waals surface area contributed by atoms with Gasteiger partial charge in [-0.15, -0.1) is 0 Å². The van der Waals surface area contributed by atoms with Gasteiger partial charge in [-0.1, -0.05) is 51.1 Å². The fraction of sp³-hybridized carbons (Fsp3) is 0.600. The van der Waals surface area contributed by atoms with E-state index in [-0.39, 0.29) is 0 Å². The minimum atomic E-state index is -3.68. The number of benzene rings is 1. The van der Waals surface area contributed by atoms with E-state index < -0.39 is 25.2 Å². The first-order chi connectivity index (χ1) is 8.36. The van der Waals surface area contributed by atoms with Crippen LogP contribution in [-0.2, 0) is 9.84 Å². The predicted octanol–water partition coefficient (Wildman–Crippen LogP) is 3.99. The van der Waals surface area contributed by atoms with Gasteiger partial charge in [0.05, 0.1) is 11.3 Å². The van der Waals surface area contributed by atoms with Gasteiger partial charge in [-0.2, -0.15) is 0 Å². The van der Waals surface area contributed by atoms with E-state index in [1.165, 1.54) is 0 Å². The molecule has 0 radical (unpaired) electrons. The number of hydrogen-bond acceptors (Lipinski definition) is 2. The van der Waals surface area contributed by atoms with Crippen LogP contribution in [0.25, 0.3) is 0 Å². The minimum absolute atomic E-state index is 0.525. The minimum Gasteiger partial charge on any atom is -0.228 e. The molecule has 1 rings (SSSR count). The Bertz CT molecular complexity index is 536. The fourth-order valence-electron chi connectivity index (χ4n) is 1.89. The monoisotopic (exact) mass is 269 g/mol. The summed E-state index contributed by atoms with van der Waals surface area (Å²) in [6.07, 6.45) is 0. The van der Waals surface area contributed by atoms with Crippen LogP contribution in [-0.4, -0.2) is 13.2 Å². The Morgan fingerprint density at radius 3 is 1.78 bits per heavy atom. The molecule has 0 saturated heterocycles. The summed E-state index contributed by atoms with van der Waals surface area (Å²) < 4.78 is 33.7. The van der Waals surface area contributed by atoms with Crippen molar-refractivity contribution in [1.82, 2.24) is 0 Å². The van der Waals surface area contributed by atoms with Gasteiger partial charge < -0.3 is 0 Å². The van der Waals surface area contributed by atoms with Gasteiger partial charge in [0.1, 0.15) is 0 Å². The third-order valence-corrected chi connectivity index (χ3v) is 5.79. The van der Waals surface area contributed by atoms with E-state index >= 15 is 0 Å². The first kappa shape index (κ1) is 13.6. The molecule has 0 aromatic heterocycles. The smallest absolute Gasteiger partial charge is 0.162 e. The molecule has 2 nitrogen and oxygen atoms in total. The zero-order valence-corrected chi connectivity index (χ0v) is 12.9. The van der Waals surface area contributed by atoms with Crippen molar-refractivity contribution >= 4 is 9.84 Å². The van der Waals surface area contributed by atoms with E-state index in [0.717, 1.165) is 0 Å². The van der Waals surface area contributed by atoms with Gasteiger partial charge in [-0.05, 0) is 31.7 Å². The Kier molecular flexibility index (Phi) is 3.54. The van der Waals surface area contributed by atoms with Gasteiger partial charge >= 0.3 is 0 Å². The Labute approximate surface area is 113 Å².